The average molecular weight is 178 g/mol. The Morgan fingerprint density at radius 1 is 1.50 bits per heavy atom. The summed E-state index contributed by atoms with van der Waals surface area (Å²) in [6, 6.07) is 0. The number of hydrogen-bond donors (Lipinski definition) is 1. The van der Waals surface area contributed by atoms with Crippen molar-refractivity contribution in [2.24, 2.45) is 0 Å². The number of aliphatic carboxylic acids is 1. The van der Waals surface area contributed by atoms with Crippen LogP contribution < -0.4 is 0 Å². The van der Waals surface area contributed by atoms with Gasteiger partial charge >= 0.3 is 11.8 Å². The van der Waals surface area contributed by atoms with E-state index in [2.05, 4.69) is 0 Å². The molecule has 0 aromatic carbocycles. The molecule has 0 spiro atoms. The van der Waals surface area contributed by atoms with Crippen LogP contribution in [0.2, 0.25) is 0 Å². The van der Waals surface area contributed by atoms with Crippen LogP contribution in [0.15, 0.2) is 0 Å². The van der Waals surface area contributed by atoms with E-state index in [0.717, 1.165) is 0 Å². The number of carbonyl (C=O) groups is 1. The van der Waals surface area contributed by atoms with Crippen molar-refractivity contribution < 1.29 is 19.0 Å². The lowest BCUT2D eigenvalue weighted by atomic mass is 10.1. The Morgan fingerprint density at radius 3 is 2.00 bits per heavy atom. The highest BCUT2D eigenvalue weighted by molar-refractivity contribution is 5.75. The SMILES string of the molecule is CCC(F)(OC(C)(C)C)C(=O)O. The van der Waals surface area contributed by atoms with Gasteiger partial charge in [-0.25, -0.2) is 4.79 Å². The Morgan fingerprint density at radius 2 is 1.92 bits per heavy atom. The maximum atomic E-state index is 13.3. The smallest absolute Gasteiger partial charge is 0.369 e. The number of alkyl halides is 1. The molecule has 0 radical (unpaired) electrons. The monoisotopic (exact) mass is 178 g/mol. The minimum Gasteiger partial charge on any atom is -0.477 e. The normalized spacial score (nSPS) is 17.1. The van der Waals surface area contributed by atoms with Gasteiger partial charge in [0.25, 0.3) is 0 Å². The van der Waals surface area contributed by atoms with E-state index in [0.29, 0.717) is 0 Å². The third-order valence-corrected chi connectivity index (χ3v) is 1.24. The first-order chi connectivity index (χ1) is 5.21. The van der Waals surface area contributed by atoms with Gasteiger partial charge in [-0.3, -0.25) is 0 Å². The zero-order valence-corrected chi connectivity index (χ0v) is 7.85. The first-order valence-corrected chi connectivity index (χ1v) is 3.84. The summed E-state index contributed by atoms with van der Waals surface area (Å²) in [5.41, 5.74) is -0.789. The van der Waals surface area contributed by atoms with Gasteiger partial charge in [-0.2, -0.15) is 4.39 Å². The molecule has 0 saturated heterocycles. The molecule has 1 unspecified atom stereocenters. The molecule has 3 nitrogen and oxygen atoms in total. The van der Waals surface area contributed by atoms with Gasteiger partial charge in [0.15, 0.2) is 0 Å². The lowest BCUT2D eigenvalue weighted by Gasteiger charge is -2.28. The molecule has 0 bridgehead atoms. The number of carboxylic acids is 1. The van der Waals surface area contributed by atoms with Crippen molar-refractivity contribution in [2.45, 2.75) is 45.6 Å². The summed E-state index contributed by atoms with van der Waals surface area (Å²) >= 11 is 0. The third-order valence-electron chi connectivity index (χ3n) is 1.24. The minimum absolute atomic E-state index is 0.195. The van der Waals surface area contributed by atoms with Crippen molar-refractivity contribution in [1.29, 1.82) is 0 Å². The summed E-state index contributed by atoms with van der Waals surface area (Å²) < 4.78 is 18.1. The van der Waals surface area contributed by atoms with Crippen molar-refractivity contribution >= 4 is 5.97 Å². The predicted octanol–water partition coefficient (Wildman–Crippen LogP) is 1.96. The maximum Gasteiger partial charge on any atom is 0.369 e. The predicted molar refractivity (Wildman–Crippen MR) is 42.6 cm³/mol. The Kier molecular flexibility index (Phi) is 3.21. The highest BCUT2D eigenvalue weighted by Crippen LogP contribution is 2.25. The average Bonchev–Trinajstić information content (AvgIpc) is 1.83. The van der Waals surface area contributed by atoms with Gasteiger partial charge in [-0.05, 0) is 20.8 Å². The summed E-state index contributed by atoms with van der Waals surface area (Å²) in [5, 5.41) is 8.50. The maximum absolute atomic E-state index is 13.3. The zero-order chi connectivity index (χ0) is 9.99. The van der Waals surface area contributed by atoms with E-state index in [9.17, 15) is 9.18 Å². The van der Waals surface area contributed by atoms with E-state index in [1.807, 2.05) is 0 Å². The van der Waals surface area contributed by atoms with Crippen LogP contribution in [0.25, 0.3) is 0 Å². The van der Waals surface area contributed by atoms with E-state index in [4.69, 9.17) is 9.84 Å². The molecular weight excluding hydrogens is 163 g/mol. The van der Waals surface area contributed by atoms with E-state index < -0.39 is 17.4 Å². The molecule has 1 N–H and O–H groups in total. The van der Waals surface area contributed by atoms with Gasteiger partial charge in [0.1, 0.15) is 0 Å². The summed E-state index contributed by atoms with van der Waals surface area (Å²) in [6.07, 6.45) is -0.195. The summed E-state index contributed by atoms with van der Waals surface area (Å²) in [6.45, 7) is 6.26. The lowest BCUT2D eigenvalue weighted by Crippen LogP contribution is -2.42. The van der Waals surface area contributed by atoms with Gasteiger partial charge in [0.2, 0.25) is 0 Å². The van der Waals surface area contributed by atoms with Gasteiger partial charge in [0, 0.05) is 6.42 Å². The van der Waals surface area contributed by atoms with Crippen LogP contribution in [0.1, 0.15) is 34.1 Å². The van der Waals surface area contributed by atoms with E-state index in [-0.39, 0.29) is 6.42 Å². The molecule has 0 amide bonds. The number of carboxylic acid groups (broad SMARTS) is 1. The molecule has 0 saturated carbocycles. The lowest BCUT2D eigenvalue weighted by molar-refractivity contribution is -0.225. The topological polar surface area (TPSA) is 46.5 Å². The van der Waals surface area contributed by atoms with Crippen LogP contribution in [0, 0.1) is 0 Å². The molecule has 0 heterocycles. The van der Waals surface area contributed by atoms with Gasteiger partial charge in [-0.15, -0.1) is 0 Å². The molecule has 1 atom stereocenters. The molecule has 0 aliphatic heterocycles. The molecule has 0 rings (SSSR count). The minimum atomic E-state index is -2.56. The number of halogens is 1. The fraction of sp³-hybridized carbons (Fsp3) is 0.875. The quantitative estimate of drug-likeness (QED) is 0.718. The largest absolute Gasteiger partial charge is 0.477 e. The van der Waals surface area contributed by atoms with Gasteiger partial charge < -0.3 is 9.84 Å². The molecular formula is C8H15FO3. The molecule has 0 aliphatic rings. The van der Waals surface area contributed by atoms with E-state index in [1.165, 1.54) is 6.92 Å². The van der Waals surface area contributed by atoms with Crippen molar-refractivity contribution in [3.8, 4) is 0 Å². The highest BCUT2D eigenvalue weighted by Gasteiger charge is 2.41. The first kappa shape index (κ1) is 11.4. The second-order valence-corrected chi connectivity index (χ2v) is 3.60. The van der Waals surface area contributed by atoms with Crippen molar-refractivity contribution in [2.75, 3.05) is 0 Å². The second-order valence-electron chi connectivity index (χ2n) is 3.60. The number of ether oxygens (including phenoxy) is 1. The highest BCUT2D eigenvalue weighted by atomic mass is 19.2. The van der Waals surface area contributed by atoms with E-state index >= 15 is 0 Å². The van der Waals surface area contributed by atoms with Gasteiger partial charge in [0.05, 0.1) is 5.60 Å². The molecule has 0 aromatic heterocycles. The zero-order valence-electron chi connectivity index (χ0n) is 7.85. The fourth-order valence-electron chi connectivity index (χ4n) is 0.752. The number of rotatable bonds is 3. The van der Waals surface area contributed by atoms with Crippen LogP contribution in [0.3, 0.4) is 0 Å². The molecule has 0 aromatic rings. The van der Waals surface area contributed by atoms with Crippen LogP contribution in [0.4, 0.5) is 4.39 Å². The van der Waals surface area contributed by atoms with Crippen molar-refractivity contribution in [3.63, 3.8) is 0 Å². The fourth-order valence-corrected chi connectivity index (χ4v) is 0.752. The van der Waals surface area contributed by atoms with Crippen LogP contribution in [0.5, 0.6) is 0 Å². The van der Waals surface area contributed by atoms with Crippen molar-refractivity contribution in [1.82, 2.24) is 0 Å². The molecule has 72 valence electrons. The summed E-state index contributed by atoms with van der Waals surface area (Å²) in [5.74, 6) is -4.13. The van der Waals surface area contributed by atoms with Crippen LogP contribution in [-0.2, 0) is 9.53 Å². The number of hydrogen-bond acceptors (Lipinski definition) is 2. The summed E-state index contributed by atoms with van der Waals surface area (Å²) in [7, 11) is 0. The van der Waals surface area contributed by atoms with Crippen LogP contribution in [-0.4, -0.2) is 22.5 Å². The Bertz CT molecular complexity index is 174. The summed E-state index contributed by atoms with van der Waals surface area (Å²) in [4.78, 5) is 10.4. The molecule has 0 fully saturated rings. The third kappa shape index (κ3) is 3.17. The van der Waals surface area contributed by atoms with E-state index in [1.54, 1.807) is 20.8 Å². The molecule has 12 heavy (non-hydrogen) atoms. The Labute approximate surface area is 71.5 Å². The second kappa shape index (κ2) is 3.39. The molecule has 0 aliphatic carbocycles. The van der Waals surface area contributed by atoms with Crippen molar-refractivity contribution in [3.05, 3.63) is 0 Å². The Balaban J connectivity index is 4.46. The standard InChI is InChI=1S/C8H15FO3/c1-5-8(9,6(10)11)12-7(2,3)4/h5H2,1-4H3,(H,10,11). The first-order valence-electron chi connectivity index (χ1n) is 3.84. The molecule has 4 heteroatoms. The van der Waals surface area contributed by atoms with Gasteiger partial charge in [-0.1, -0.05) is 6.92 Å². The Hall–Kier alpha value is -0.640. The van der Waals surface area contributed by atoms with Crippen LogP contribution >= 0.6 is 0 Å².